The van der Waals surface area contributed by atoms with Crippen LogP contribution in [-0.4, -0.2) is 28.1 Å². The highest BCUT2D eigenvalue weighted by molar-refractivity contribution is 5.94. The maximum atomic E-state index is 11.9. The van der Waals surface area contributed by atoms with Crippen LogP contribution >= 0.6 is 0 Å². The van der Waals surface area contributed by atoms with E-state index in [4.69, 9.17) is 4.42 Å². The summed E-state index contributed by atoms with van der Waals surface area (Å²) in [4.78, 5) is 23.2. The number of carboxylic acid groups (broad SMARTS) is 1. The molecule has 6 nitrogen and oxygen atoms in total. The molecule has 0 saturated carbocycles. The van der Waals surface area contributed by atoms with Crippen LogP contribution in [0.15, 0.2) is 40.8 Å². The van der Waals surface area contributed by atoms with E-state index in [0.29, 0.717) is 11.3 Å². The van der Waals surface area contributed by atoms with Gasteiger partial charge in [0.1, 0.15) is 17.6 Å². The molecule has 2 rings (SSSR count). The topological polar surface area (TPSA) is 99.8 Å². The molecule has 6 heteroatoms. The van der Waals surface area contributed by atoms with Gasteiger partial charge in [-0.05, 0) is 36.8 Å². The van der Waals surface area contributed by atoms with Crippen LogP contribution < -0.4 is 5.32 Å². The minimum Gasteiger partial charge on any atom is -0.508 e. The van der Waals surface area contributed by atoms with Crippen LogP contribution in [0.25, 0.3) is 0 Å². The molecule has 1 aromatic heterocycles. The van der Waals surface area contributed by atoms with Crippen molar-refractivity contribution >= 4 is 11.9 Å². The van der Waals surface area contributed by atoms with E-state index >= 15 is 0 Å². The zero-order chi connectivity index (χ0) is 15.4. The number of aryl methyl sites for hydroxylation is 1. The van der Waals surface area contributed by atoms with Gasteiger partial charge in [0, 0.05) is 6.42 Å². The fourth-order valence-corrected chi connectivity index (χ4v) is 1.85. The van der Waals surface area contributed by atoms with E-state index in [1.54, 1.807) is 25.1 Å². The monoisotopic (exact) mass is 289 g/mol. The highest BCUT2D eigenvalue weighted by Crippen LogP contribution is 2.12. The van der Waals surface area contributed by atoms with Gasteiger partial charge in [-0.25, -0.2) is 4.79 Å². The second-order valence-electron chi connectivity index (χ2n) is 4.65. The molecule has 1 aromatic carbocycles. The van der Waals surface area contributed by atoms with Crippen LogP contribution in [0, 0.1) is 6.92 Å². The number of phenols is 1. The van der Waals surface area contributed by atoms with Gasteiger partial charge in [-0.1, -0.05) is 12.1 Å². The summed E-state index contributed by atoms with van der Waals surface area (Å²) in [6.45, 7) is 1.70. The van der Waals surface area contributed by atoms with Gasteiger partial charge in [-0.3, -0.25) is 4.79 Å². The van der Waals surface area contributed by atoms with Crippen LogP contribution in [0.3, 0.4) is 0 Å². The Bertz CT molecular complexity index is 644. The lowest BCUT2D eigenvalue weighted by Gasteiger charge is -2.13. The summed E-state index contributed by atoms with van der Waals surface area (Å²) in [5.41, 5.74) is 0.691. The summed E-state index contributed by atoms with van der Waals surface area (Å²) >= 11 is 0. The predicted molar refractivity (Wildman–Crippen MR) is 74.1 cm³/mol. The van der Waals surface area contributed by atoms with Gasteiger partial charge in [-0.2, -0.15) is 0 Å². The number of carbonyl (C=O) groups excluding carboxylic acids is 1. The molecule has 1 amide bonds. The second-order valence-corrected chi connectivity index (χ2v) is 4.65. The predicted octanol–water partition coefficient (Wildman–Crippen LogP) is 1.72. The first-order valence-electron chi connectivity index (χ1n) is 6.33. The van der Waals surface area contributed by atoms with Gasteiger partial charge >= 0.3 is 5.97 Å². The Kier molecular flexibility index (Phi) is 4.27. The van der Waals surface area contributed by atoms with Crippen LogP contribution in [-0.2, 0) is 11.2 Å². The largest absolute Gasteiger partial charge is 0.508 e. The summed E-state index contributed by atoms with van der Waals surface area (Å²) in [5, 5.41) is 20.8. The van der Waals surface area contributed by atoms with E-state index in [-0.39, 0.29) is 17.9 Å². The minimum absolute atomic E-state index is 0.0736. The third-order valence-electron chi connectivity index (χ3n) is 2.94. The molecule has 2 aromatic rings. The summed E-state index contributed by atoms with van der Waals surface area (Å²) in [6.07, 6.45) is 0.112. The van der Waals surface area contributed by atoms with E-state index in [1.165, 1.54) is 18.2 Å². The fraction of sp³-hybridized carbons (Fsp3) is 0.200. The summed E-state index contributed by atoms with van der Waals surface area (Å²) in [6, 6.07) is 8.18. The lowest BCUT2D eigenvalue weighted by molar-refractivity contribution is -0.139. The standard InChI is InChI=1S/C15H15NO5/c1-9-2-7-13(21-9)14(18)16-12(15(19)20)8-10-3-5-11(17)6-4-10/h2-7,12,17H,8H2,1H3,(H,16,18)(H,19,20)/t12-/m0/s1. The van der Waals surface area contributed by atoms with Crippen LogP contribution in [0.1, 0.15) is 21.9 Å². The molecule has 21 heavy (non-hydrogen) atoms. The highest BCUT2D eigenvalue weighted by Gasteiger charge is 2.22. The van der Waals surface area contributed by atoms with E-state index < -0.39 is 17.9 Å². The Morgan fingerprint density at radius 2 is 1.86 bits per heavy atom. The molecule has 0 aliphatic rings. The first kappa shape index (κ1) is 14.6. The second kappa shape index (κ2) is 6.13. The van der Waals surface area contributed by atoms with Gasteiger partial charge in [-0.15, -0.1) is 0 Å². The van der Waals surface area contributed by atoms with Gasteiger partial charge in [0.05, 0.1) is 0 Å². The number of aromatic hydroxyl groups is 1. The lowest BCUT2D eigenvalue weighted by atomic mass is 10.1. The van der Waals surface area contributed by atoms with Gasteiger partial charge < -0.3 is 19.9 Å². The van der Waals surface area contributed by atoms with E-state index in [2.05, 4.69) is 5.32 Å². The van der Waals surface area contributed by atoms with Crippen LogP contribution in [0.2, 0.25) is 0 Å². The Labute approximate surface area is 121 Å². The summed E-state index contributed by atoms with van der Waals surface area (Å²) < 4.78 is 5.15. The van der Waals surface area contributed by atoms with Gasteiger partial charge in [0.25, 0.3) is 5.91 Å². The number of rotatable bonds is 5. The molecule has 0 bridgehead atoms. The molecule has 0 radical (unpaired) electrons. The lowest BCUT2D eigenvalue weighted by Crippen LogP contribution is -2.42. The van der Waals surface area contributed by atoms with Gasteiger partial charge in [0.2, 0.25) is 0 Å². The van der Waals surface area contributed by atoms with Crippen molar-refractivity contribution in [1.82, 2.24) is 5.32 Å². The number of benzene rings is 1. The number of amides is 1. The molecule has 0 aliphatic carbocycles. The quantitative estimate of drug-likeness (QED) is 0.778. The third-order valence-corrected chi connectivity index (χ3v) is 2.94. The Morgan fingerprint density at radius 3 is 2.38 bits per heavy atom. The number of aliphatic carboxylic acids is 1. The number of nitrogens with one attached hydrogen (secondary N) is 1. The Balaban J connectivity index is 2.07. The average molecular weight is 289 g/mol. The SMILES string of the molecule is Cc1ccc(C(=O)N[C@@H](Cc2ccc(O)cc2)C(=O)O)o1. The Morgan fingerprint density at radius 1 is 1.19 bits per heavy atom. The number of carbonyl (C=O) groups is 2. The van der Waals surface area contributed by atoms with Crippen molar-refractivity contribution in [3.63, 3.8) is 0 Å². The normalized spacial score (nSPS) is 11.9. The number of hydrogen-bond acceptors (Lipinski definition) is 4. The number of phenolic OH excluding ortho intramolecular Hbond substituents is 1. The zero-order valence-corrected chi connectivity index (χ0v) is 11.4. The first-order valence-corrected chi connectivity index (χ1v) is 6.33. The summed E-state index contributed by atoms with van der Waals surface area (Å²) in [5.74, 6) is -0.968. The van der Waals surface area contributed by atoms with Crippen LogP contribution in [0.4, 0.5) is 0 Å². The molecule has 0 aliphatic heterocycles. The smallest absolute Gasteiger partial charge is 0.326 e. The molecule has 0 fully saturated rings. The maximum Gasteiger partial charge on any atom is 0.326 e. The molecule has 0 saturated heterocycles. The number of hydrogen-bond donors (Lipinski definition) is 3. The molecule has 0 unspecified atom stereocenters. The molecule has 1 atom stereocenters. The van der Waals surface area contributed by atoms with E-state index in [0.717, 1.165) is 0 Å². The van der Waals surface area contributed by atoms with Crippen molar-refractivity contribution < 1.29 is 24.2 Å². The van der Waals surface area contributed by atoms with Crippen molar-refractivity contribution in [2.24, 2.45) is 0 Å². The van der Waals surface area contributed by atoms with Crippen molar-refractivity contribution in [1.29, 1.82) is 0 Å². The molecule has 3 N–H and O–H groups in total. The van der Waals surface area contributed by atoms with Crippen LogP contribution in [0.5, 0.6) is 5.75 Å². The zero-order valence-electron chi connectivity index (χ0n) is 11.4. The van der Waals surface area contributed by atoms with Crippen molar-refractivity contribution in [2.45, 2.75) is 19.4 Å². The minimum atomic E-state index is -1.14. The number of furan rings is 1. The van der Waals surface area contributed by atoms with Crippen molar-refractivity contribution in [2.75, 3.05) is 0 Å². The Hall–Kier alpha value is -2.76. The molecular weight excluding hydrogens is 274 g/mol. The first-order chi connectivity index (χ1) is 9.95. The van der Waals surface area contributed by atoms with Crippen molar-refractivity contribution in [3.8, 4) is 5.75 Å². The third kappa shape index (κ3) is 3.85. The van der Waals surface area contributed by atoms with E-state index in [1.807, 2.05) is 0 Å². The van der Waals surface area contributed by atoms with E-state index in [9.17, 15) is 19.8 Å². The maximum absolute atomic E-state index is 11.9. The molecule has 1 heterocycles. The molecule has 110 valence electrons. The average Bonchev–Trinajstić information content (AvgIpc) is 2.87. The number of carboxylic acids is 1. The highest BCUT2D eigenvalue weighted by atomic mass is 16.4. The molecular formula is C15H15NO5. The summed E-state index contributed by atoms with van der Waals surface area (Å²) in [7, 11) is 0. The van der Waals surface area contributed by atoms with Gasteiger partial charge in [0.15, 0.2) is 5.76 Å². The fourth-order valence-electron chi connectivity index (χ4n) is 1.85. The molecule has 0 spiro atoms. The van der Waals surface area contributed by atoms with Crippen molar-refractivity contribution in [3.05, 3.63) is 53.5 Å².